The molecule has 20 heavy (non-hydrogen) atoms. The molecule has 0 aliphatic carbocycles. The number of nitrogens with zero attached hydrogens (tertiary/aromatic N) is 1. The lowest BCUT2D eigenvalue weighted by molar-refractivity contribution is 0.116. The summed E-state index contributed by atoms with van der Waals surface area (Å²) in [5.41, 5.74) is 1.21. The molecular formula is C16H28N2O2. The average molecular weight is 280 g/mol. The molecule has 114 valence electrons. The molecule has 0 bridgehead atoms. The maximum absolute atomic E-state index is 5.89. The van der Waals surface area contributed by atoms with Crippen molar-refractivity contribution in [3.63, 3.8) is 0 Å². The summed E-state index contributed by atoms with van der Waals surface area (Å²) in [4.78, 5) is 2.22. The van der Waals surface area contributed by atoms with Gasteiger partial charge in [-0.15, -0.1) is 0 Å². The van der Waals surface area contributed by atoms with Crippen molar-refractivity contribution in [2.45, 2.75) is 20.4 Å². The molecule has 0 aromatic heterocycles. The molecule has 1 N–H and O–H groups in total. The van der Waals surface area contributed by atoms with Gasteiger partial charge in [-0.25, -0.2) is 0 Å². The number of benzene rings is 1. The zero-order valence-electron chi connectivity index (χ0n) is 13.0. The second kappa shape index (κ2) is 10.7. The smallest absolute Gasteiger partial charge is 0.123 e. The van der Waals surface area contributed by atoms with Crippen LogP contribution in [0.15, 0.2) is 24.3 Å². The first kappa shape index (κ1) is 17.0. The SMILES string of the molecule is CCNCc1ccccc1OCCN(C)CCOCC. The second-order valence-electron chi connectivity index (χ2n) is 4.74. The molecule has 0 aliphatic rings. The Bertz CT molecular complexity index is 358. The summed E-state index contributed by atoms with van der Waals surface area (Å²) in [7, 11) is 2.09. The van der Waals surface area contributed by atoms with Gasteiger partial charge in [0.15, 0.2) is 0 Å². The minimum absolute atomic E-state index is 0.700. The Morgan fingerprint density at radius 3 is 2.60 bits per heavy atom. The van der Waals surface area contributed by atoms with Gasteiger partial charge in [0, 0.05) is 31.8 Å². The number of hydrogen-bond acceptors (Lipinski definition) is 4. The zero-order valence-corrected chi connectivity index (χ0v) is 13.0. The fourth-order valence-electron chi connectivity index (χ4n) is 1.84. The van der Waals surface area contributed by atoms with Crippen molar-refractivity contribution < 1.29 is 9.47 Å². The molecule has 0 saturated carbocycles. The number of rotatable bonds is 11. The summed E-state index contributed by atoms with van der Waals surface area (Å²) in [6.45, 7) is 10.1. The van der Waals surface area contributed by atoms with Gasteiger partial charge >= 0.3 is 0 Å². The largest absolute Gasteiger partial charge is 0.492 e. The molecule has 0 unspecified atom stereocenters. The molecule has 0 fully saturated rings. The fraction of sp³-hybridized carbons (Fsp3) is 0.625. The maximum Gasteiger partial charge on any atom is 0.123 e. The van der Waals surface area contributed by atoms with E-state index in [0.29, 0.717) is 6.61 Å². The van der Waals surface area contributed by atoms with Crippen LogP contribution in [0.5, 0.6) is 5.75 Å². The predicted octanol–water partition coefficient (Wildman–Crippen LogP) is 2.14. The first-order valence-corrected chi connectivity index (χ1v) is 7.45. The number of ether oxygens (including phenoxy) is 2. The minimum Gasteiger partial charge on any atom is -0.492 e. The number of nitrogens with one attached hydrogen (secondary N) is 1. The third-order valence-corrected chi connectivity index (χ3v) is 3.09. The monoisotopic (exact) mass is 280 g/mol. The van der Waals surface area contributed by atoms with Gasteiger partial charge in [-0.05, 0) is 26.6 Å². The summed E-state index contributed by atoms with van der Waals surface area (Å²) in [5.74, 6) is 0.978. The summed E-state index contributed by atoms with van der Waals surface area (Å²) >= 11 is 0. The predicted molar refractivity (Wildman–Crippen MR) is 83.3 cm³/mol. The van der Waals surface area contributed by atoms with E-state index in [-0.39, 0.29) is 0 Å². The molecule has 4 nitrogen and oxygen atoms in total. The van der Waals surface area contributed by atoms with Crippen LogP contribution in [-0.4, -0.2) is 51.4 Å². The van der Waals surface area contributed by atoms with E-state index in [2.05, 4.69) is 30.3 Å². The van der Waals surface area contributed by atoms with Gasteiger partial charge in [-0.2, -0.15) is 0 Å². The Kier molecular flexibility index (Phi) is 9.04. The van der Waals surface area contributed by atoms with Crippen LogP contribution in [0.3, 0.4) is 0 Å². The lowest BCUT2D eigenvalue weighted by atomic mass is 10.2. The van der Waals surface area contributed by atoms with Crippen LogP contribution in [0, 0.1) is 0 Å². The van der Waals surface area contributed by atoms with Gasteiger partial charge in [-0.3, -0.25) is 0 Å². The van der Waals surface area contributed by atoms with Gasteiger partial charge in [-0.1, -0.05) is 25.1 Å². The Balaban J connectivity index is 2.30. The van der Waals surface area contributed by atoms with E-state index in [1.165, 1.54) is 5.56 Å². The standard InChI is InChI=1S/C16H28N2O2/c1-4-17-14-15-8-6-7-9-16(15)20-13-11-18(3)10-12-19-5-2/h6-9,17H,4-5,10-14H2,1-3H3. The van der Waals surface area contributed by atoms with Crippen molar-refractivity contribution in [1.82, 2.24) is 10.2 Å². The Morgan fingerprint density at radius 1 is 1.10 bits per heavy atom. The highest BCUT2D eigenvalue weighted by Gasteiger charge is 2.03. The van der Waals surface area contributed by atoms with E-state index in [1.54, 1.807) is 0 Å². The summed E-state index contributed by atoms with van der Waals surface area (Å²) in [6, 6.07) is 8.21. The highest BCUT2D eigenvalue weighted by molar-refractivity contribution is 5.33. The lowest BCUT2D eigenvalue weighted by Crippen LogP contribution is -2.28. The average Bonchev–Trinajstić information content (AvgIpc) is 2.46. The van der Waals surface area contributed by atoms with E-state index in [9.17, 15) is 0 Å². The highest BCUT2D eigenvalue weighted by Crippen LogP contribution is 2.17. The molecule has 0 atom stereocenters. The summed E-state index contributed by atoms with van der Waals surface area (Å²) in [6.07, 6.45) is 0. The van der Waals surface area contributed by atoms with Crippen molar-refractivity contribution in [3.05, 3.63) is 29.8 Å². The summed E-state index contributed by atoms with van der Waals surface area (Å²) < 4.78 is 11.2. The topological polar surface area (TPSA) is 33.7 Å². The fourth-order valence-corrected chi connectivity index (χ4v) is 1.84. The first-order chi connectivity index (χ1) is 9.77. The Morgan fingerprint density at radius 2 is 1.85 bits per heavy atom. The zero-order chi connectivity index (χ0) is 14.6. The normalized spacial score (nSPS) is 11.0. The molecule has 0 heterocycles. The molecule has 0 spiro atoms. The van der Waals surface area contributed by atoms with E-state index >= 15 is 0 Å². The van der Waals surface area contributed by atoms with E-state index in [4.69, 9.17) is 9.47 Å². The third-order valence-electron chi connectivity index (χ3n) is 3.09. The maximum atomic E-state index is 5.89. The minimum atomic E-state index is 0.700. The first-order valence-electron chi connectivity index (χ1n) is 7.45. The molecule has 1 aromatic carbocycles. The Labute approximate surface area is 123 Å². The third kappa shape index (κ3) is 6.89. The molecule has 4 heteroatoms. The van der Waals surface area contributed by atoms with E-state index in [1.807, 2.05) is 25.1 Å². The van der Waals surface area contributed by atoms with Crippen molar-refractivity contribution in [1.29, 1.82) is 0 Å². The molecule has 0 saturated heterocycles. The molecular weight excluding hydrogens is 252 g/mol. The van der Waals surface area contributed by atoms with Crippen LogP contribution in [-0.2, 0) is 11.3 Å². The van der Waals surface area contributed by atoms with Gasteiger partial charge in [0.2, 0.25) is 0 Å². The van der Waals surface area contributed by atoms with Crippen LogP contribution in [0.2, 0.25) is 0 Å². The van der Waals surface area contributed by atoms with E-state index in [0.717, 1.165) is 45.1 Å². The van der Waals surface area contributed by atoms with Crippen molar-refractivity contribution >= 4 is 0 Å². The summed E-state index contributed by atoms with van der Waals surface area (Å²) in [5, 5.41) is 3.33. The number of hydrogen-bond donors (Lipinski definition) is 1. The molecule has 0 radical (unpaired) electrons. The quantitative estimate of drug-likeness (QED) is 0.630. The van der Waals surface area contributed by atoms with Crippen LogP contribution in [0.4, 0.5) is 0 Å². The Hall–Kier alpha value is -1.10. The van der Waals surface area contributed by atoms with Gasteiger partial charge in [0.05, 0.1) is 6.61 Å². The number of para-hydroxylation sites is 1. The molecule has 1 rings (SSSR count). The second-order valence-corrected chi connectivity index (χ2v) is 4.74. The van der Waals surface area contributed by atoms with Gasteiger partial charge in [0.1, 0.15) is 12.4 Å². The van der Waals surface area contributed by atoms with Crippen LogP contribution in [0.25, 0.3) is 0 Å². The van der Waals surface area contributed by atoms with Crippen molar-refractivity contribution in [2.75, 3.05) is 46.5 Å². The van der Waals surface area contributed by atoms with Crippen LogP contribution < -0.4 is 10.1 Å². The van der Waals surface area contributed by atoms with Gasteiger partial charge < -0.3 is 19.7 Å². The van der Waals surface area contributed by atoms with Crippen molar-refractivity contribution in [2.24, 2.45) is 0 Å². The molecule has 0 amide bonds. The molecule has 0 aliphatic heterocycles. The van der Waals surface area contributed by atoms with Crippen LogP contribution in [0.1, 0.15) is 19.4 Å². The number of likely N-dealkylation sites (N-methyl/N-ethyl adjacent to an activating group) is 1. The van der Waals surface area contributed by atoms with Crippen molar-refractivity contribution in [3.8, 4) is 5.75 Å². The van der Waals surface area contributed by atoms with Gasteiger partial charge in [0.25, 0.3) is 0 Å². The van der Waals surface area contributed by atoms with E-state index < -0.39 is 0 Å². The highest BCUT2D eigenvalue weighted by atomic mass is 16.5. The lowest BCUT2D eigenvalue weighted by Gasteiger charge is -2.17. The van der Waals surface area contributed by atoms with Crippen LogP contribution >= 0.6 is 0 Å². The molecule has 1 aromatic rings.